The fourth-order valence-electron chi connectivity index (χ4n) is 2.04. The lowest BCUT2D eigenvalue weighted by molar-refractivity contribution is -0.123. The van der Waals surface area contributed by atoms with Gasteiger partial charge in [0.25, 0.3) is 5.91 Å². The number of carbonyl (C=O) groups excluding carboxylic acids is 3. The Balaban J connectivity index is 1.86. The van der Waals surface area contributed by atoms with Crippen LogP contribution in [-0.4, -0.2) is 40.8 Å². The van der Waals surface area contributed by atoms with Gasteiger partial charge in [-0.1, -0.05) is 6.92 Å². The van der Waals surface area contributed by atoms with E-state index in [1.54, 1.807) is 35.1 Å². The lowest BCUT2D eigenvalue weighted by Crippen LogP contribution is -2.41. The summed E-state index contributed by atoms with van der Waals surface area (Å²) in [6.45, 7) is 3.74. The van der Waals surface area contributed by atoms with Gasteiger partial charge in [0.05, 0.1) is 11.3 Å². The number of aryl methyl sites for hydroxylation is 1. The first-order valence-electron chi connectivity index (χ1n) is 7.87. The van der Waals surface area contributed by atoms with Crippen molar-refractivity contribution in [2.75, 3.05) is 13.2 Å². The molecule has 1 aromatic carbocycles. The molecule has 0 saturated heterocycles. The Kier molecular flexibility index (Phi) is 6.27. The predicted octanol–water partition coefficient (Wildman–Crippen LogP) is 1.57. The zero-order valence-corrected chi connectivity index (χ0v) is 14.1. The minimum absolute atomic E-state index is 0.303. The average Bonchev–Trinajstić information content (AvgIpc) is 3.04. The Morgan fingerprint density at radius 2 is 1.88 bits per heavy atom. The third-order valence-electron chi connectivity index (χ3n) is 3.30. The van der Waals surface area contributed by atoms with Crippen molar-refractivity contribution in [2.24, 2.45) is 0 Å². The van der Waals surface area contributed by atoms with Gasteiger partial charge in [0, 0.05) is 18.4 Å². The molecule has 0 saturated carbocycles. The van der Waals surface area contributed by atoms with Crippen molar-refractivity contribution in [3.05, 3.63) is 47.8 Å². The maximum absolute atomic E-state index is 11.9. The number of urea groups is 1. The highest BCUT2D eigenvalue weighted by atomic mass is 16.5. The quantitative estimate of drug-likeness (QED) is 0.775. The van der Waals surface area contributed by atoms with Gasteiger partial charge in [-0.25, -0.2) is 14.3 Å². The normalized spacial score (nSPS) is 10.2. The molecule has 0 radical (unpaired) electrons. The molecule has 2 rings (SSSR count). The number of ether oxygens (including phenoxy) is 1. The van der Waals surface area contributed by atoms with Gasteiger partial charge in [0.1, 0.15) is 0 Å². The van der Waals surface area contributed by atoms with Crippen LogP contribution in [0.1, 0.15) is 29.4 Å². The molecule has 0 aliphatic heterocycles. The van der Waals surface area contributed by atoms with Crippen molar-refractivity contribution in [2.45, 2.75) is 20.3 Å². The SMILES string of the molecule is CCCNC(=O)NC(=O)COC(=O)c1ccc(-n2nccc2C)cc1. The van der Waals surface area contributed by atoms with E-state index in [1.165, 1.54) is 0 Å². The number of carbonyl (C=O) groups is 3. The van der Waals surface area contributed by atoms with Crippen molar-refractivity contribution in [1.82, 2.24) is 20.4 Å². The fraction of sp³-hybridized carbons (Fsp3) is 0.294. The molecule has 3 amide bonds. The minimum atomic E-state index is -0.689. The molecule has 0 aliphatic carbocycles. The van der Waals surface area contributed by atoms with Crippen LogP contribution in [0.2, 0.25) is 0 Å². The highest BCUT2D eigenvalue weighted by Gasteiger charge is 2.12. The van der Waals surface area contributed by atoms with Crippen LogP contribution in [0.15, 0.2) is 36.5 Å². The van der Waals surface area contributed by atoms with E-state index in [2.05, 4.69) is 15.7 Å². The first-order valence-corrected chi connectivity index (χ1v) is 7.87. The van der Waals surface area contributed by atoms with Crippen molar-refractivity contribution < 1.29 is 19.1 Å². The van der Waals surface area contributed by atoms with Crippen LogP contribution >= 0.6 is 0 Å². The lowest BCUT2D eigenvalue weighted by atomic mass is 10.2. The maximum Gasteiger partial charge on any atom is 0.338 e. The topological polar surface area (TPSA) is 102 Å². The van der Waals surface area contributed by atoms with Gasteiger partial charge >= 0.3 is 12.0 Å². The number of imide groups is 1. The number of nitrogens with zero attached hydrogens (tertiary/aromatic N) is 2. The summed E-state index contributed by atoms with van der Waals surface area (Å²) in [5, 5.41) is 8.74. The Hall–Kier alpha value is -3.16. The summed E-state index contributed by atoms with van der Waals surface area (Å²) in [7, 11) is 0. The monoisotopic (exact) mass is 344 g/mol. The van der Waals surface area contributed by atoms with Gasteiger partial charge in [-0.15, -0.1) is 0 Å². The first kappa shape index (κ1) is 18.2. The zero-order valence-electron chi connectivity index (χ0n) is 14.1. The molecule has 1 aromatic heterocycles. The number of rotatable bonds is 6. The van der Waals surface area contributed by atoms with Gasteiger partial charge in [-0.3, -0.25) is 10.1 Å². The largest absolute Gasteiger partial charge is 0.452 e. The van der Waals surface area contributed by atoms with E-state index in [0.717, 1.165) is 17.8 Å². The van der Waals surface area contributed by atoms with E-state index in [-0.39, 0.29) is 0 Å². The van der Waals surface area contributed by atoms with Crippen LogP contribution in [0.3, 0.4) is 0 Å². The van der Waals surface area contributed by atoms with E-state index in [0.29, 0.717) is 12.1 Å². The fourth-order valence-corrected chi connectivity index (χ4v) is 2.04. The molecule has 8 heteroatoms. The van der Waals surface area contributed by atoms with E-state index in [4.69, 9.17) is 4.74 Å². The molecule has 0 bridgehead atoms. The molecule has 0 aliphatic rings. The molecular weight excluding hydrogens is 324 g/mol. The minimum Gasteiger partial charge on any atom is -0.452 e. The molecule has 0 fully saturated rings. The maximum atomic E-state index is 11.9. The number of esters is 1. The summed E-state index contributed by atoms with van der Waals surface area (Å²) >= 11 is 0. The smallest absolute Gasteiger partial charge is 0.338 e. The van der Waals surface area contributed by atoms with Crippen LogP contribution in [0.4, 0.5) is 4.79 Å². The summed E-state index contributed by atoms with van der Waals surface area (Å²) < 4.78 is 6.63. The highest BCUT2D eigenvalue weighted by molar-refractivity contribution is 5.97. The molecule has 0 atom stereocenters. The standard InChI is InChI=1S/C17H20N4O4/c1-3-9-18-17(24)20-15(22)11-25-16(23)13-4-6-14(7-5-13)21-12(2)8-10-19-21/h4-8,10H,3,9,11H2,1-2H3,(H2,18,20,22,24). The van der Waals surface area contributed by atoms with Gasteiger partial charge in [-0.2, -0.15) is 5.10 Å². The second-order valence-corrected chi connectivity index (χ2v) is 5.31. The van der Waals surface area contributed by atoms with Crippen molar-refractivity contribution in [1.29, 1.82) is 0 Å². The van der Waals surface area contributed by atoms with Gasteiger partial charge in [-0.05, 0) is 43.7 Å². The van der Waals surface area contributed by atoms with Crippen LogP contribution in [0.5, 0.6) is 0 Å². The molecular formula is C17H20N4O4. The molecule has 2 N–H and O–H groups in total. The van der Waals surface area contributed by atoms with Crippen LogP contribution in [0, 0.1) is 6.92 Å². The molecule has 1 heterocycles. The van der Waals surface area contributed by atoms with Crippen LogP contribution in [-0.2, 0) is 9.53 Å². The number of nitrogens with one attached hydrogen (secondary N) is 2. The van der Waals surface area contributed by atoms with Crippen LogP contribution in [0.25, 0.3) is 5.69 Å². The average molecular weight is 344 g/mol. The third-order valence-corrected chi connectivity index (χ3v) is 3.30. The molecule has 8 nitrogen and oxygen atoms in total. The summed E-state index contributed by atoms with van der Waals surface area (Å²) in [4.78, 5) is 34.8. The van der Waals surface area contributed by atoms with E-state index >= 15 is 0 Å². The third kappa shape index (κ3) is 5.17. The predicted molar refractivity (Wildman–Crippen MR) is 90.4 cm³/mol. The Morgan fingerprint density at radius 1 is 1.16 bits per heavy atom. The number of aromatic nitrogens is 2. The zero-order chi connectivity index (χ0) is 18.2. The van der Waals surface area contributed by atoms with Gasteiger partial charge in [0.15, 0.2) is 6.61 Å². The summed E-state index contributed by atoms with van der Waals surface area (Å²) in [6, 6.07) is 7.90. The van der Waals surface area contributed by atoms with E-state index in [9.17, 15) is 14.4 Å². The summed E-state index contributed by atoms with van der Waals surface area (Å²) in [6.07, 6.45) is 2.44. The lowest BCUT2D eigenvalue weighted by Gasteiger charge is -2.08. The van der Waals surface area contributed by atoms with Crippen molar-refractivity contribution in [3.63, 3.8) is 0 Å². The number of hydrogen-bond acceptors (Lipinski definition) is 5. The summed E-state index contributed by atoms with van der Waals surface area (Å²) in [5.74, 6) is -1.33. The van der Waals surface area contributed by atoms with Gasteiger partial charge < -0.3 is 10.1 Å². The Labute approximate surface area is 145 Å². The molecule has 2 aromatic rings. The number of benzene rings is 1. The molecule has 25 heavy (non-hydrogen) atoms. The highest BCUT2D eigenvalue weighted by Crippen LogP contribution is 2.12. The van der Waals surface area contributed by atoms with Crippen LogP contribution < -0.4 is 10.6 Å². The Bertz CT molecular complexity index is 752. The second-order valence-electron chi connectivity index (χ2n) is 5.31. The van der Waals surface area contributed by atoms with Crippen molar-refractivity contribution >= 4 is 17.9 Å². The second kappa shape index (κ2) is 8.62. The molecule has 0 spiro atoms. The number of hydrogen-bond donors (Lipinski definition) is 2. The van der Waals surface area contributed by atoms with Crippen molar-refractivity contribution in [3.8, 4) is 5.69 Å². The van der Waals surface area contributed by atoms with Gasteiger partial charge in [0.2, 0.25) is 0 Å². The Morgan fingerprint density at radius 3 is 2.48 bits per heavy atom. The molecule has 0 unspecified atom stereocenters. The molecule has 132 valence electrons. The van der Waals surface area contributed by atoms with E-state index in [1.807, 2.05) is 19.9 Å². The summed E-state index contributed by atoms with van der Waals surface area (Å²) in [5.41, 5.74) is 2.08. The first-order chi connectivity index (χ1) is 12.0. The van der Waals surface area contributed by atoms with E-state index < -0.39 is 24.5 Å². The number of amides is 3.